The number of halogens is 1. The monoisotopic (exact) mass is 361 g/mol. The molecule has 5 nitrogen and oxygen atoms in total. The molecule has 26 heavy (non-hydrogen) atoms. The molecule has 0 unspecified atom stereocenters. The Morgan fingerprint density at radius 3 is 2.58 bits per heavy atom. The Balaban J connectivity index is 1.68. The molecular formula is C20H28FN3O2. The van der Waals surface area contributed by atoms with Crippen molar-refractivity contribution in [2.24, 2.45) is 5.92 Å². The maximum atomic E-state index is 13.2. The minimum Gasteiger partial charge on any atom is -0.352 e. The number of nitrogens with one attached hydrogen (secondary N) is 1. The largest absolute Gasteiger partial charge is 0.352 e. The minimum absolute atomic E-state index is 0.0313. The lowest BCUT2D eigenvalue weighted by molar-refractivity contribution is -0.134. The van der Waals surface area contributed by atoms with Gasteiger partial charge in [0, 0.05) is 38.1 Å². The molecule has 3 rings (SSSR count). The number of carbonyl (C=O) groups excluding carboxylic acids is 2. The van der Waals surface area contributed by atoms with E-state index in [-0.39, 0.29) is 29.6 Å². The highest BCUT2D eigenvalue weighted by Crippen LogP contribution is 2.22. The second-order valence-corrected chi connectivity index (χ2v) is 7.79. The number of carbonyl (C=O) groups is 2. The van der Waals surface area contributed by atoms with Gasteiger partial charge < -0.3 is 10.2 Å². The first-order valence-corrected chi connectivity index (χ1v) is 9.48. The summed E-state index contributed by atoms with van der Waals surface area (Å²) >= 11 is 0. The Morgan fingerprint density at radius 1 is 1.27 bits per heavy atom. The van der Waals surface area contributed by atoms with Gasteiger partial charge in [0.2, 0.25) is 11.8 Å². The number of rotatable bonds is 6. The van der Waals surface area contributed by atoms with Crippen LogP contribution in [0.2, 0.25) is 0 Å². The molecule has 1 aromatic carbocycles. The molecule has 2 aliphatic rings. The Hall–Kier alpha value is -1.95. The topological polar surface area (TPSA) is 52.7 Å². The summed E-state index contributed by atoms with van der Waals surface area (Å²) in [7, 11) is 0. The van der Waals surface area contributed by atoms with E-state index in [9.17, 15) is 14.0 Å². The van der Waals surface area contributed by atoms with Gasteiger partial charge in [-0.3, -0.25) is 14.5 Å². The molecular weight excluding hydrogens is 333 g/mol. The molecule has 2 amide bonds. The number of amides is 2. The van der Waals surface area contributed by atoms with E-state index in [0.29, 0.717) is 38.6 Å². The summed E-state index contributed by atoms with van der Waals surface area (Å²) in [5, 5.41) is 3.02. The van der Waals surface area contributed by atoms with Crippen LogP contribution >= 0.6 is 0 Å². The van der Waals surface area contributed by atoms with E-state index in [1.54, 1.807) is 12.1 Å². The van der Waals surface area contributed by atoms with Crippen LogP contribution in [0.4, 0.5) is 4.39 Å². The molecule has 142 valence electrons. The van der Waals surface area contributed by atoms with Gasteiger partial charge in [0.15, 0.2) is 0 Å². The Bertz CT molecular complexity index is 643. The van der Waals surface area contributed by atoms with Crippen molar-refractivity contribution in [1.29, 1.82) is 0 Å². The third-order valence-electron chi connectivity index (χ3n) is 5.15. The summed E-state index contributed by atoms with van der Waals surface area (Å²) in [6.45, 7) is 6.30. The Morgan fingerprint density at radius 2 is 1.96 bits per heavy atom. The Labute approximate surface area is 154 Å². The zero-order valence-electron chi connectivity index (χ0n) is 15.6. The van der Waals surface area contributed by atoms with Gasteiger partial charge in [0.25, 0.3) is 0 Å². The predicted molar refractivity (Wildman–Crippen MR) is 97.8 cm³/mol. The van der Waals surface area contributed by atoms with Crippen molar-refractivity contribution in [1.82, 2.24) is 15.1 Å². The van der Waals surface area contributed by atoms with Crippen LogP contribution in [0.3, 0.4) is 0 Å². The highest BCUT2D eigenvalue weighted by atomic mass is 19.1. The number of hydrogen-bond acceptors (Lipinski definition) is 3. The molecule has 0 aromatic heterocycles. The second-order valence-electron chi connectivity index (χ2n) is 7.79. The molecule has 2 fully saturated rings. The molecule has 1 aromatic rings. The van der Waals surface area contributed by atoms with Gasteiger partial charge >= 0.3 is 0 Å². The summed E-state index contributed by atoms with van der Waals surface area (Å²) in [5.74, 6) is 0.142. The summed E-state index contributed by atoms with van der Waals surface area (Å²) in [6.07, 6.45) is 2.55. The molecule has 6 heteroatoms. The molecule has 1 heterocycles. The minimum atomic E-state index is -0.274. The lowest BCUT2D eigenvalue weighted by atomic mass is 10.0. The normalized spacial score (nSPS) is 21.8. The maximum absolute atomic E-state index is 13.2. The second kappa shape index (κ2) is 8.16. The fourth-order valence-electron chi connectivity index (χ4n) is 3.45. The summed E-state index contributed by atoms with van der Waals surface area (Å²) in [6, 6.07) is 6.70. The van der Waals surface area contributed by atoms with E-state index in [2.05, 4.69) is 24.1 Å². The first-order valence-electron chi connectivity index (χ1n) is 9.48. The third kappa shape index (κ3) is 5.04. The number of hydrogen-bond donors (Lipinski definition) is 1. The lowest BCUT2D eigenvalue weighted by Crippen LogP contribution is -2.47. The van der Waals surface area contributed by atoms with Gasteiger partial charge in [0.05, 0.1) is 6.54 Å². The van der Waals surface area contributed by atoms with Crippen LogP contribution in [-0.2, 0) is 16.1 Å². The van der Waals surface area contributed by atoms with Crippen molar-refractivity contribution >= 4 is 11.8 Å². The smallest absolute Gasteiger partial charge is 0.234 e. The third-order valence-corrected chi connectivity index (χ3v) is 5.15. The van der Waals surface area contributed by atoms with Crippen LogP contribution in [0.1, 0.15) is 38.7 Å². The van der Waals surface area contributed by atoms with Gasteiger partial charge in [0.1, 0.15) is 5.82 Å². The number of nitrogens with zero attached hydrogens (tertiary/aromatic N) is 2. The van der Waals surface area contributed by atoms with Crippen LogP contribution in [-0.4, -0.2) is 53.3 Å². The van der Waals surface area contributed by atoms with Crippen molar-refractivity contribution in [2.45, 2.75) is 51.7 Å². The lowest BCUT2D eigenvalue weighted by Gasteiger charge is -2.34. The average Bonchev–Trinajstić information content (AvgIpc) is 3.41. The van der Waals surface area contributed by atoms with E-state index in [1.165, 1.54) is 12.1 Å². The average molecular weight is 361 g/mol. The van der Waals surface area contributed by atoms with E-state index in [1.807, 2.05) is 4.90 Å². The van der Waals surface area contributed by atoms with Crippen molar-refractivity contribution in [3.05, 3.63) is 35.6 Å². The SMILES string of the molecule is CC(C)[C@H]1CN(CC(=O)NC2CC2)CCC(=O)N1Cc1ccc(F)cc1. The molecule has 1 saturated carbocycles. The van der Waals surface area contributed by atoms with Crippen LogP contribution in [0.25, 0.3) is 0 Å². The maximum Gasteiger partial charge on any atom is 0.234 e. The molecule has 1 aliphatic heterocycles. The highest BCUT2D eigenvalue weighted by molar-refractivity contribution is 5.79. The summed E-state index contributed by atoms with van der Waals surface area (Å²) in [5.41, 5.74) is 0.922. The van der Waals surface area contributed by atoms with Crippen LogP contribution in [0.5, 0.6) is 0 Å². The fraction of sp³-hybridized carbons (Fsp3) is 0.600. The Kier molecular flexibility index (Phi) is 5.91. The van der Waals surface area contributed by atoms with Crippen molar-refractivity contribution < 1.29 is 14.0 Å². The first kappa shape index (κ1) is 18.8. The van der Waals surface area contributed by atoms with Crippen LogP contribution < -0.4 is 5.32 Å². The van der Waals surface area contributed by atoms with Gasteiger partial charge in [-0.25, -0.2) is 4.39 Å². The van der Waals surface area contributed by atoms with E-state index in [0.717, 1.165) is 18.4 Å². The molecule has 0 spiro atoms. The van der Waals surface area contributed by atoms with Crippen molar-refractivity contribution in [3.8, 4) is 0 Å². The van der Waals surface area contributed by atoms with Crippen LogP contribution in [0, 0.1) is 11.7 Å². The standard InChI is InChI=1S/C20H28FN3O2/c1-14(2)18-12-23(13-19(25)22-17-7-8-17)10-9-20(26)24(18)11-15-3-5-16(21)6-4-15/h3-6,14,17-18H,7-13H2,1-2H3,(H,22,25)/t18-/m1/s1. The summed E-state index contributed by atoms with van der Waals surface area (Å²) in [4.78, 5) is 28.9. The predicted octanol–water partition coefficient (Wildman–Crippen LogP) is 2.16. The molecule has 1 atom stereocenters. The summed E-state index contributed by atoms with van der Waals surface area (Å²) < 4.78 is 13.2. The van der Waals surface area contributed by atoms with Crippen molar-refractivity contribution in [2.75, 3.05) is 19.6 Å². The molecule has 0 bridgehead atoms. The van der Waals surface area contributed by atoms with Gasteiger partial charge in [-0.1, -0.05) is 26.0 Å². The van der Waals surface area contributed by atoms with Gasteiger partial charge in [-0.05, 0) is 36.5 Å². The van der Waals surface area contributed by atoms with E-state index < -0.39 is 0 Å². The van der Waals surface area contributed by atoms with Gasteiger partial charge in [-0.2, -0.15) is 0 Å². The fourth-order valence-corrected chi connectivity index (χ4v) is 3.45. The molecule has 1 N–H and O–H groups in total. The zero-order valence-corrected chi connectivity index (χ0v) is 15.6. The van der Waals surface area contributed by atoms with Gasteiger partial charge in [-0.15, -0.1) is 0 Å². The highest BCUT2D eigenvalue weighted by Gasteiger charge is 2.33. The van der Waals surface area contributed by atoms with Crippen molar-refractivity contribution in [3.63, 3.8) is 0 Å². The number of benzene rings is 1. The first-order chi connectivity index (χ1) is 12.4. The molecule has 1 saturated heterocycles. The van der Waals surface area contributed by atoms with E-state index >= 15 is 0 Å². The molecule has 1 aliphatic carbocycles. The zero-order chi connectivity index (χ0) is 18.7. The van der Waals surface area contributed by atoms with Crippen LogP contribution in [0.15, 0.2) is 24.3 Å². The molecule has 0 radical (unpaired) electrons. The van der Waals surface area contributed by atoms with E-state index in [4.69, 9.17) is 0 Å². The quantitative estimate of drug-likeness (QED) is 0.845.